The molecule has 0 aromatic heterocycles. The average Bonchev–Trinajstić information content (AvgIpc) is 2.79. The molecule has 0 atom stereocenters. The van der Waals surface area contributed by atoms with Crippen LogP contribution in [0.4, 0.5) is 0 Å². The topological polar surface area (TPSA) is 46.2 Å². The third kappa shape index (κ3) is 21.7. The second-order valence-electron chi connectivity index (χ2n) is 6.01. The summed E-state index contributed by atoms with van der Waals surface area (Å²) < 4.78 is 26.8. The van der Waals surface area contributed by atoms with Crippen LogP contribution in [0.3, 0.4) is 0 Å². The molecule has 1 fully saturated rings. The van der Waals surface area contributed by atoms with Crippen molar-refractivity contribution in [3.05, 3.63) is 79.7 Å². The largest absolute Gasteiger partial charge is 0.379 e. The van der Waals surface area contributed by atoms with Crippen LogP contribution in [-0.2, 0) is 23.7 Å². The summed E-state index contributed by atoms with van der Waals surface area (Å²) in [5, 5.41) is 0. The molecule has 0 saturated carbocycles. The van der Waals surface area contributed by atoms with Crippen molar-refractivity contribution in [1.82, 2.24) is 0 Å². The number of ether oxygens (including phenoxy) is 5. The smallest absolute Gasteiger partial charge is 0.0701 e. The van der Waals surface area contributed by atoms with Gasteiger partial charge in [-0.15, -0.1) is 0 Å². The van der Waals surface area contributed by atoms with Gasteiger partial charge in [-0.1, -0.05) is 60.7 Å². The van der Waals surface area contributed by atoms with Crippen molar-refractivity contribution in [1.29, 1.82) is 0 Å². The molecule has 0 bridgehead atoms. The van der Waals surface area contributed by atoms with Gasteiger partial charge in [-0.3, -0.25) is 0 Å². The maximum absolute atomic E-state index is 5.41. The SMILES string of the molecule is [CH2]C1COCCOCCOCCOCCOC1.[HH].[Sn].[c]1ccccc1.[c]1ccccc1. The Morgan fingerprint density at radius 2 is 0.833 bits per heavy atom. The summed E-state index contributed by atoms with van der Waals surface area (Å²) in [7, 11) is 0. The van der Waals surface area contributed by atoms with Gasteiger partial charge in [-0.2, -0.15) is 0 Å². The van der Waals surface area contributed by atoms with Crippen molar-refractivity contribution in [2.75, 3.05) is 66.1 Å². The van der Waals surface area contributed by atoms with E-state index in [9.17, 15) is 0 Å². The quantitative estimate of drug-likeness (QED) is 0.497. The van der Waals surface area contributed by atoms with E-state index in [1.165, 1.54) is 0 Å². The molecule has 1 heterocycles. The van der Waals surface area contributed by atoms with Crippen LogP contribution in [0.25, 0.3) is 0 Å². The minimum atomic E-state index is 0. The Balaban J connectivity index is 0. The molecule has 30 heavy (non-hydrogen) atoms. The van der Waals surface area contributed by atoms with Gasteiger partial charge in [0.2, 0.25) is 0 Å². The van der Waals surface area contributed by atoms with Crippen molar-refractivity contribution in [2.45, 2.75) is 0 Å². The van der Waals surface area contributed by atoms with E-state index in [0.717, 1.165) is 0 Å². The molecular formula is C24H35O5Sn. The molecule has 5 nitrogen and oxygen atoms in total. The Hall–Kier alpha value is -0.961. The van der Waals surface area contributed by atoms with Crippen molar-refractivity contribution >= 4 is 23.9 Å². The van der Waals surface area contributed by atoms with E-state index in [0.29, 0.717) is 66.1 Å². The van der Waals surface area contributed by atoms with Gasteiger partial charge in [0.1, 0.15) is 0 Å². The zero-order valence-corrected chi connectivity index (χ0v) is 20.5. The maximum atomic E-state index is 5.41. The molecule has 0 spiro atoms. The predicted molar refractivity (Wildman–Crippen MR) is 121 cm³/mol. The van der Waals surface area contributed by atoms with Gasteiger partial charge in [0.05, 0.1) is 66.1 Å². The first-order valence-electron chi connectivity index (χ1n) is 9.93. The zero-order chi connectivity index (χ0) is 20.7. The minimum Gasteiger partial charge on any atom is -0.379 e. The summed E-state index contributed by atoms with van der Waals surface area (Å²) in [4.78, 5) is 0. The van der Waals surface area contributed by atoms with Gasteiger partial charge in [-0.25, -0.2) is 0 Å². The molecule has 0 unspecified atom stereocenters. The first-order valence-corrected chi connectivity index (χ1v) is 9.93. The Labute approximate surface area is 200 Å². The number of benzene rings is 2. The Morgan fingerprint density at radius 3 is 1.07 bits per heavy atom. The van der Waals surface area contributed by atoms with Crippen LogP contribution >= 0.6 is 0 Å². The van der Waals surface area contributed by atoms with E-state index in [2.05, 4.69) is 19.1 Å². The van der Waals surface area contributed by atoms with E-state index in [1.54, 1.807) is 0 Å². The number of rotatable bonds is 0. The monoisotopic (exact) mass is 523 g/mol. The molecule has 165 valence electrons. The Morgan fingerprint density at radius 1 is 0.533 bits per heavy atom. The van der Waals surface area contributed by atoms with Gasteiger partial charge < -0.3 is 23.7 Å². The Kier molecular flexibility index (Phi) is 23.5. The maximum Gasteiger partial charge on any atom is 0.0701 e. The fourth-order valence-electron chi connectivity index (χ4n) is 2.01. The minimum absolute atomic E-state index is 0. The van der Waals surface area contributed by atoms with Crippen LogP contribution in [0.2, 0.25) is 0 Å². The van der Waals surface area contributed by atoms with Gasteiger partial charge in [-0.05, 0) is 19.1 Å². The van der Waals surface area contributed by atoms with Crippen LogP contribution < -0.4 is 0 Å². The summed E-state index contributed by atoms with van der Waals surface area (Å²) in [6, 6.07) is 25.0. The van der Waals surface area contributed by atoms with Gasteiger partial charge >= 0.3 is 0 Å². The van der Waals surface area contributed by atoms with Crippen molar-refractivity contribution in [3.63, 3.8) is 0 Å². The van der Waals surface area contributed by atoms with Crippen LogP contribution in [0, 0.1) is 25.0 Å². The predicted octanol–water partition coefficient (Wildman–Crippen LogP) is 3.37. The fourth-order valence-corrected chi connectivity index (χ4v) is 2.01. The Bertz CT molecular complexity index is 435. The second-order valence-corrected chi connectivity index (χ2v) is 6.01. The molecule has 3 rings (SSSR count). The van der Waals surface area contributed by atoms with Crippen LogP contribution in [-0.4, -0.2) is 90.0 Å². The molecule has 0 aliphatic carbocycles. The zero-order valence-electron chi connectivity index (χ0n) is 17.7. The van der Waals surface area contributed by atoms with Crippen LogP contribution in [0.1, 0.15) is 1.43 Å². The average molecular weight is 522 g/mol. The van der Waals surface area contributed by atoms with E-state index in [1.807, 2.05) is 60.7 Å². The molecule has 7 radical (unpaired) electrons. The fraction of sp³-hybridized carbons (Fsp3) is 0.458. The number of hydrogen-bond donors (Lipinski definition) is 0. The molecule has 0 amide bonds. The summed E-state index contributed by atoms with van der Waals surface area (Å²) in [6.45, 7) is 9.90. The summed E-state index contributed by atoms with van der Waals surface area (Å²) in [6.07, 6.45) is 0. The third-order valence-corrected chi connectivity index (χ3v) is 3.41. The van der Waals surface area contributed by atoms with Crippen molar-refractivity contribution in [2.24, 2.45) is 5.92 Å². The molecule has 2 aromatic carbocycles. The van der Waals surface area contributed by atoms with Gasteiger partial charge in [0.25, 0.3) is 0 Å². The van der Waals surface area contributed by atoms with Crippen LogP contribution in [0.5, 0.6) is 0 Å². The first kappa shape index (κ1) is 29.0. The normalized spacial score (nSPS) is 17.1. The first-order chi connectivity index (χ1) is 14.4. The number of hydrogen-bond acceptors (Lipinski definition) is 5. The van der Waals surface area contributed by atoms with Gasteiger partial charge in [0.15, 0.2) is 0 Å². The summed E-state index contributed by atoms with van der Waals surface area (Å²) in [5.41, 5.74) is 0. The summed E-state index contributed by atoms with van der Waals surface area (Å²) in [5.74, 6) is 0.159. The second kappa shape index (κ2) is 24.3. The summed E-state index contributed by atoms with van der Waals surface area (Å²) >= 11 is 0. The van der Waals surface area contributed by atoms with E-state index in [-0.39, 0.29) is 31.3 Å². The van der Waals surface area contributed by atoms with Crippen molar-refractivity contribution < 1.29 is 25.1 Å². The van der Waals surface area contributed by atoms with E-state index >= 15 is 0 Å². The molecular weight excluding hydrogens is 487 g/mol. The molecule has 0 N–H and O–H groups in total. The van der Waals surface area contributed by atoms with E-state index < -0.39 is 0 Å². The molecule has 1 saturated heterocycles. The molecule has 1 aliphatic rings. The molecule has 2 aromatic rings. The third-order valence-electron chi connectivity index (χ3n) is 3.41. The van der Waals surface area contributed by atoms with Crippen molar-refractivity contribution in [3.8, 4) is 0 Å². The standard InChI is InChI=1S/C12H23O5.2C6H5.Sn.H2/c1-12-10-16-8-6-14-4-2-13-3-5-15-7-9-17-11-12;2*1-2-4-6-5-3-1;;/h12H,1-11H2;2*1-5H;;1H. The molecule has 6 heteroatoms. The van der Waals surface area contributed by atoms with Gasteiger partial charge in [0, 0.05) is 31.3 Å². The van der Waals surface area contributed by atoms with Crippen LogP contribution in [0.15, 0.2) is 60.7 Å². The van der Waals surface area contributed by atoms with E-state index in [4.69, 9.17) is 23.7 Å². The molecule has 1 aliphatic heterocycles.